The maximum atomic E-state index is 12.4. The van der Waals surface area contributed by atoms with Crippen molar-refractivity contribution in [2.45, 2.75) is 26.3 Å². The van der Waals surface area contributed by atoms with E-state index in [0.29, 0.717) is 17.8 Å². The number of nitrogens with one attached hydrogen (secondary N) is 3. The van der Waals surface area contributed by atoms with Crippen molar-refractivity contribution in [2.24, 2.45) is 11.7 Å². The Bertz CT molecular complexity index is 756. The zero-order valence-corrected chi connectivity index (χ0v) is 14.6. The van der Waals surface area contributed by atoms with Gasteiger partial charge >= 0.3 is 6.03 Å². The molecule has 4 amide bonds. The van der Waals surface area contributed by atoms with Crippen molar-refractivity contribution in [2.75, 3.05) is 10.6 Å². The van der Waals surface area contributed by atoms with Crippen LogP contribution >= 0.6 is 0 Å². The van der Waals surface area contributed by atoms with Gasteiger partial charge in [-0.1, -0.05) is 20.3 Å². The molecule has 1 aromatic heterocycles. The van der Waals surface area contributed by atoms with Gasteiger partial charge in [0.1, 0.15) is 6.04 Å². The Kier molecular flexibility index (Phi) is 6.37. The Balaban J connectivity index is 1.99. The summed E-state index contributed by atoms with van der Waals surface area (Å²) >= 11 is 0. The fourth-order valence-electron chi connectivity index (χ4n) is 2.31. The van der Waals surface area contributed by atoms with Crippen molar-refractivity contribution < 1.29 is 18.8 Å². The van der Waals surface area contributed by atoms with Gasteiger partial charge in [-0.3, -0.25) is 9.59 Å². The summed E-state index contributed by atoms with van der Waals surface area (Å²) in [5.41, 5.74) is 6.23. The second-order valence-electron chi connectivity index (χ2n) is 5.87. The van der Waals surface area contributed by atoms with Gasteiger partial charge in [0.2, 0.25) is 5.91 Å². The highest BCUT2D eigenvalue weighted by Crippen LogP contribution is 2.16. The van der Waals surface area contributed by atoms with Crippen LogP contribution in [0.1, 0.15) is 30.8 Å². The zero-order chi connectivity index (χ0) is 19.1. The number of furan rings is 1. The summed E-state index contributed by atoms with van der Waals surface area (Å²) in [7, 11) is 0. The molecule has 2 atom stereocenters. The number of benzene rings is 1. The number of hydrogen-bond donors (Lipinski definition) is 4. The molecule has 0 aliphatic rings. The Morgan fingerprint density at radius 2 is 1.69 bits per heavy atom. The van der Waals surface area contributed by atoms with E-state index in [0.717, 1.165) is 0 Å². The molecule has 0 aliphatic heterocycles. The smallest absolute Gasteiger partial charge is 0.312 e. The normalized spacial score (nSPS) is 12.7. The molecule has 0 spiro atoms. The number of amides is 4. The monoisotopic (exact) mass is 358 g/mol. The van der Waals surface area contributed by atoms with Gasteiger partial charge in [0.15, 0.2) is 5.76 Å². The third kappa shape index (κ3) is 5.10. The van der Waals surface area contributed by atoms with Crippen LogP contribution in [0.25, 0.3) is 0 Å². The van der Waals surface area contributed by atoms with E-state index in [2.05, 4.69) is 16.0 Å². The molecule has 0 fully saturated rings. The Hall–Kier alpha value is -3.29. The Morgan fingerprint density at radius 3 is 2.19 bits per heavy atom. The number of carbonyl (C=O) groups excluding carboxylic acids is 3. The summed E-state index contributed by atoms with van der Waals surface area (Å²) in [5, 5.41) is 7.88. The fraction of sp³-hybridized carbons (Fsp3) is 0.278. The minimum Gasteiger partial charge on any atom is -0.459 e. The van der Waals surface area contributed by atoms with Crippen LogP contribution in [-0.2, 0) is 4.79 Å². The van der Waals surface area contributed by atoms with Crippen LogP contribution in [0.5, 0.6) is 0 Å². The van der Waals surface area contributed by atoms with Crippen molar-refractivity contribution in [3.05, 3.63) is 48.4 Å². The fourth-order valence-corrected chi connectivity index (χ4v) is 2.31. The molecule has 26 heavy (non-hydrogen) atoms. The van der Waals surface area contributed by atoms with E-state index in [4.69, 9.17) is 10.2 Å². The lowest BCUT2D eigenvalue weighted by molar-refractivity contribution is -0.119. The van der Waals surface area contributed by atoms with E-state index in [9.17, 15) is 14.4 Å². The summed E-state index contributed by atoms with van der Waals surface area (Å²) < 4.78 is 5.02. The lowest BCUT2D eigenvalue weighted by Crippen LogP contribution is -2.49. The molecule has 138 valence electrons. The molecule has 2 unspecified atom stereocenters. The first-order valence-corrected chi connectivity index (χ1v) is 8.22. The van der Waals surface area contributed by atoms with Crippen LogP contribution in [0.3, 0.4) is 0 Å². The molecule has 5 N–H and O–H groups in total. The molecular formula is C18H22N4O4. The summed E-state index contributed by atoms with van der Waals surface area (Å²) in [5.74, 6) is -0.592. The summed E-state index contributed by atoms with van der Waals surface area (Å²) in [4.78, 5) is 35.4. The number of urea groups is 1. The number of carbonyl (C=O) groups is 3. The van der Waals surface area contributed by atoms with Crippen LogP contribution in [-0.4, -0.2) is 23.9 Å². The van der Waals surface area contributed by atoms with Gasteiger partial charge in [-0.25, -0.2) is 4.79 Å². The molecule has 8 heteroatoms. The predicted octanol–water partition coefficient (Wildman–Crippen LogP) is 2.55. The number of nitrogens with two attached hydrogens (primary N) is 1. The third-order valence-corrected chi connectivity index (χ3v) is 3.95. The zero-order valence-electron chi connectivity index (χ0n) is 14.6. The summed E-state index contributed by atoms with van der Waals surface area (Å²) in [6.45, 7) is 3.78. The molecule has 2 aromatic rings. The van der Waals surface area contributed by atoms with E-state index in [1.165, 1.54) is 6.26 Å². The molecule has 0 aliphatic carbocycles. The number of anilines is 2. The van der Waals surface area contributed by atoms with Gasteiger partial charge in [0, 0.05) is 11.4 Å². The van der Waals surface area contributed by atoms with Crippen molar-refractivity contribution in [3.63, 3.8) is 0 Å². The first kappa shape index (κ1) is 19.0. The average Bonchev–Trinajstić information content (AvgIpc) is 3.15. The molecule has 2 rings (SSSR count). The molecule has 1 heterocycles. The lowest BCUT2D eigenvalue weighted by atomic mass is 9.98. The molecule has 1 aromatic carbocycles. The van der Waals surface area contributed by atoms with Crippen LogP contribution < -0.4 is 21.7 Å². The van der Waals surface area contributed by atoms with Gasteiger partial charge in [-0.15, -0.1) is 0 Å². The average molecular weight is 358 g/mol. The molecule has 0 bridgehead atoms. The van der Waals surface area contributed by atoms with Gasteiger partial charge in [-0.2, -0.15) is 0 Å². The van der Waals surface area contributed by atoms with Crippen LogP contribution in [0, 0.1) is 5.92 Å². The SMILES string of the molecule is CCC(C)C(NC(N)=O)C(=O)Nc1ccc(NC(=O)c2ccco2)cc1. The van der Waals surface area contributed by atoms with Crippen molar-refractivity contribution in [1.29, 1.82) is 0 Å². The van der Waals surface area contributed by atoms with Crippen LogP contribution in [0.15, 0.2) is 47.1 Å². The van der Waals surface area contributed by atoms with E-state index < -0.39 is 12.1 Å². The van der Waals surface area contributed by atoms with E-state index in [-0.39, 0.29) is 23.5 Å². The lowest BCUT2D eigenvalue weighted by Gasteiger charge is -2.22. The highest BCUT2D eigenvalue weighted by Gasteiger charge is 2.25. The standard InChI is InChI=1S/C18H22N4O4/c1-3-11(2)15(22-18(19)25)17(24)21-13-8-6-12(7-9-13)20-16(23)14-5-4-10-26-14/h4-11,15H,3H2,1-2H3,(H,20,23)(H,21,24)(H3,19,22,25). The van der Waals surface area contributed by atoms with E-state index in [1.807, 2.05) is 13.8 Å². The maximum Gasteiger partial charge on any atom is 0.312 e. The Labute approximate surface area is 151 Å². The minimum absolute atomic E-state index is 0.0747. The quantitative estimate of drug-likeness (QED) is 0.606. The Morgan fingerprint density at radius 1 is 1.08 bits per heavy atom. The molecule has 8 nitrogen and oxygen atoms in total. The second-order valence-corrected chi connectivity index (χ2v) is 5.87. The molecule has 0 saturated heterocycles. The van der Waals surface area contributed by atoms with Gasteiger partial charge < -0.3 is 26.1 Å². The van der Waals surface area contributed by atoms with E-state index >= 15 is 0 Å². The summed E-state index contributed by atoms with van der Waals surface area (Å²) in [6.07, 6.45) is 2.12. The van der Waals surface area contributed by atoms with Gasteiger partial charge in [0.05, 0.1) is 6.26 Å². The number of primary amides is 1. The molecule has 0 saturated carbocycles. The number of rotatable bonds is 7. The highest BCUT2D eigenvalue weighted by atomic mass is 16.3. The molecular weight excluding hydrogens is 336 g/mol. The predicted molar refractivity (Wildman–Crippen MR) is 97.7 cm³/mol. The van der Waals surface area contributed by atoms with Crippen molar-refractivity contribution in [1.82, 2.24) is 5.32 Å². The first-order chi connectivity index (χ1) is 12.4. The van der Waals surface area contributed by atoms with Gasteiger partial charge in [-0.05, 0) is 42.3 Å². The van der Waals surface area contributed by atoms with Gasteiger partial charge in [0.25, 0.3) is 5.91 Å². The maximum absolute atomic E-state index is 12.4. The van der Waals surface area contributed by atoms with Crippen LogP contribution in [0.2, 0.25) is 0 Å². The largest absolute Gasteiger partial charge is 0.459 e. The third-order valence-electron chi connectivity index (χ3n) is 3.95. The topological polar surface area (TPSA) is 126 Å². The number of hydrogen-bond acceptors (Lipinski definition) is 4. The van der Waals surface area contributed by atoms with E-state index in [1.54, 1.807) is 36.4 Å². The van der Waals surface area contributed by atoms with Crippen LogP contribution in [0.4, 0.5) is 16.2 Å². The highest BCUT2D eigenvalue weighted by molar-refractivity contribution is 6.02. The molecule has 0 radical (unpaired) electrons. The van der Waals surface area contributed by atoms with Crippen molar-refractivity contribution in [3.8, 4) is 0 Å². The second kappa shape index (κ2) is 8.70. The van der Waals surface area contributed by atoms with Crippen molar-refractivity contribution >= 4 is 29.2 Å². The summed E-state index contributed by atoms with van der Waals surface area (Å²) in [6, 6.07) is 8.30. The first-order valence-electron chi connectivity index (χ1n) is 8.22. The minimum atomic E-state index is -0.749.